The Hall–Kier alpha value is -2.36. The van der Waals surface area contributed by atoms with Crippen molar-refractivity contribution < 1.29 is 4.79 Å². The van der Waals surface area contributed by atoms with E-state index < -0.39 is 0 Å². The number of nitrogens with zero attached hydrogens (tertiary/aromatic N) is 2. The topological polar surface area (TPSA) is 42.3 Å². The second-order valence-corrected chi connectivity index (χ2v) is 6.31. The van der Waals surface area contributed by atoms with Crippen molar-refractivity contribution in [3.8, 4) is 0 Å². The molecule has 1 saturated heterocycles. The Labute approximate surface area is 129 Å². The van der Waals surface area contributed by atoms with E-state index in [4.69, 9.17) is 0 Å². The molecule has 0 N–H and O–H groups in total. The van der Waals surface area contributed by atoms with Crippen LogP contribution in [0.4, 0.5) is 5.69 Å². The highest BCUT2D eigenvalue weighted by Crippen LogP contribution is 2.36. The second-order valence-electron chi connectivity index (χ2n) is 6.31. The third-order valence-corrected chi connectivity index (χ3v) is 4.87. The zero-order chi connectivity index (χ0) is 15.1. The second kappa shape index (κ2) is 5.13. The Morgan fingerprint density at radius 2 is 1.82 bits per heavy atom. The summed E-state index contributed by atoms with van der Waals surface area (Å²) in [4.78, 5) is 25.2. The maximum Gasteiger partial charge on any atom is 0.250 e. The van der Waals surface area contributed by atoms with Gasteiger partial charge in [0.1, 0.15) is 6.29 Å². The van der Waals surface area contributed by atoms with Crippen LogP contribution < -0.4 is 10.5 Å². The van der Waals surface area contributed by atoms with Gasteiger partial charge in [0.05, 0.1) is 0 Å². The van der Waals surface area contributed by atoms with Gasteiger partial charge in [-0.15, -0.1) is 0 Å². The van der Waals surface area contributed by atoms with E-state index in [1.807, 2.05) is 34.9 Å². The van der Waals surface area contributed by atoms with Crippen LogP contribution in [-0.2, 0) is 6.54 Å². The Morgan fingerprint density at radius 1 is 1.00 bits per heavy atom. The van der Waals surface area contributed by atoms with Crippen molar-refractivity contribution in [3.63, 3.8) is 0 Å². The van der Waals surface area contributed by atoms with E-state index in [-0.39, 0.29) is 5.56 Å². The fourth-order valence-corrected chi connectivity index (χ4v) is 3.87. The Bertz CT molecular complexity index is 763. The van der Waals surface area contributed by atoms with Crippen molar-refractivity contribution in [1.82, 2.24) is 4.57 Å². The average Bonchev–Trinajstić information content (AvgIpc) is 2.56. The first-order valence-electron chi connectivity index (χ1n) is 7.74. The summed E-state index contributed by atoms with van der Waals surface area (Å²) in [6, 6.07) is 13.4. The Balaban J connectivity index is 1.65. The van der Waals surface area contributed by atoms with Gasteiger partial charge in [0.2, 0.25) is 0 Å². The van der Waals surface area contributed by atoms with E-state index >= 15 is 0 Å². The maximum absolute atomic E-state index is 12.0. The van der Waals surface area contributed by atoms with Gasteiger partial charge in [0, 0.05) is 48.6 Å². The van der Waals surface area contributed by atoms with Crippen LogP contribution in [-0.4, -0.2) is 23.9 Å². The molecule has 22 heavy (non-hydrogen) atoms. The highest BCUT2D eigenvalue weighted by molar-refractivity contribution is 5.75. The summed E-state index contributed by atoms with van der Waals surface area (Å²) in [5, 5.41) is 0. The molecule has 112 valence electrons. The van der Waals surface area contributed by atoms with Crippen LogP contribution in [0.25, 0.3) is 0 Å². The zero-order valence-electron chi connectivity index (χ0n) is 12.3. The molecule has 0 unspecified atom stereocenters. The van der Waals surface area contributed by atoms with Crippen molar-refractivity contribution >= 4 is 12.0 Å². The van der Waals surface area contributed by atoms with E-state index in [0.29, 0.717) is 17.4 Å². The number of carbonyl (C=O) groups is 1. The monoisotopic (exact) mass is 294 g/mol. The minimum atomic E-state index is 0.121. The van der Waals surface area contributed by atoms with Crippen LogP contribution in [0.3, 0.4) is 0 Å². The van der Waals surface area contributed by atoms with Gasteiger partial charge in [-0.2, -0.15) is 0 Å². The summed E-state index contributed by atoms with van der Waals surface area (Å²) in [6.07, 6.45) is 2.03. The fourth-order valence-electron chi connectivity index (χ4n) is 3.87. The van der Waals surface area contributed by atoms with E-state index in [9.17, 15) is 9.59 Å². The molecule has 4 rings (SSSR count). The number of rotatable bonds is 2. The molecule has 2 aliphatic heterocycles. The lowest BCUT2D eigenvalue weighted by molar-refractivity contribution is 0.112. The SMILES string of the molecule is O=Cc1ccc(N2C[C@H]3C[C@@H](C2)c2cccc(=O)n2C3)cc1. The van der Waals surface area contributed by atoms with Crippen LogP contribution in [0.5, 0.6) is 0 Å². The van der Waals surface area contributed by atoms with Gasteiger partial charge in [0.15, 0.2) is 0 Å². The Morgan fingerprint density at radius 3 is 2.59 bits per heavy atom. The number of carbonyl (C=O) groups excluding carboxylic acids is 1. The molecule has 1 aromatic heterocycles. The summed E-state index contributed by atoms with van der Waals surface area (Å²) in [5.74, 6) is 0.921. The maximum atomic E-state index is 12.0. The molecule has 2 atom stereocenters. The molecule has 0 spiro atoms. The minimum Gasteiger partial charge on any atom is -0.371 e. The normalized spacial score (nSPS) is 23.0. The predicted molar refractivity (Wildman–Crippen MR) is 85.6 cm³/mol. The molecule has 1 fully saturated rings. The van der Waals surface area contributed by atoms with Crippen molar-refractivity contribution in [2.75, 3.05) is 18.0 Å². The molecule has 0 saturated carbocycles. The highest BCUT2D eigenvalue weighted by atomic mass is 16.1. The van der Waals surface area contributed by atoms with E-state index in [0.717, 1.165) is 43.7 Å². The lowest BCUT2D eigenvalue weighted by Gasteiger charge is -2.43. The Kier molecular flexibility index (Phi) is 3.10. The molecular formula is C18H18N2O2. The summed E-state index contributed by atoms with van der Waals surface area (Å²) < 4.78 is 1.95. The van der Waals surface area contributed by atoms with Gasteiger partial charge in [0.25, 0.3) is 5.56 Å². The number of fused-ring (bicyclic) bond motifs is 4. The van der Waals surface area contributed by atoms with Crippen LogP contribution >= 0.6 is 0 Å². The van der Waals surface area contributed by atoms with Crippen LogP contribution in [0, 0.1) is 5.92 Å². The van der Waals surface area contributed by atoms with E-state index in [1.165, 1.54) is 0 Å². The number of hydrogen-bond acceptors (Lipinski definition) is 3. The van der Waals surface area contributed by atoms with Gasteiger partial charge in [-0.25, -0.2) is 0 Å². The van der Waals surface area contributed by atoms with E-state index in [2.05, 4.69) is 11.0 Å². The number of benzene rings is 1. The van der Waals surface area contributed by atoms with Crippen molar-refractivity contribution in [1.29, 1.82) is 0 Å². The van der Waals surface area contributed by atoms with Crippen LogP contribution in [0.1, 0.15) is 28.4 Å². The lowest BCUT2D eigenvalue weighted by atomic mass is 9.83. The number of aldehydes is 1. The predicted octanol–water partition coefficient (Wildman–Crippen LogP) is 2.28. The molecule has 2 aliphatic rings. The molecule has 4 heteroatoms. The summed E-state index contributed by atoms with van der Waals surface area (Å²) in [5.41, 5.74) is 3.15. The largest absolute Gasteiger partial charge is 0.371 e. The third kappa shape index (κ3) is 2.15. The first-order valence-corrected chi connectivity index (χ1v) is 7.74. The van der Waals surface area contributed by atoms with E-state index in [1.54, 1.807) is 6.07 Å². The molecule has 2 bridgehead atoms. The van der Waals surface area contributed by atoms with Gasteiger partial charge in [-0.3, -0.25) is 9.59 Å². The van der Waals surface area contributed by atoms with Crippen molar-refractivity contribution in [3.05, 3.63) is 64.1 Å². The number of anilines is 1. The smallest absolute Gasteiger partial charge is 0.250 e. The van der Waals surface area contributed by atoms with Gasteiger partial charge in [-0.05, 0) is 42.7 Å². The number of aromatic nitrogens is 1. The standard InChI is InChI=1S/C18H18N2O2/c21-12-13-4-6-16(7-5-13)19-9-14-8-15(11-19)17-2-1-3-18(22)20(17)10-14/h1-7,12,14-15H,8-11H2/t14-,15+/m1/s1. The lowest BCUT2D eigenvalue weighted by Crippen LogP contribution is -2.47. The first-order chi connectivity index (χ1) is 10.7. The molecule has 2 aromatic rings. The number of hydrogen-bond donors (Lipinski definition) is 0. The molecule has 0 aliphatic carbocycles. The van der Waals surface area contributed by atoms with Crippen molar-refractivity contribution in [2.45, 2.75) is 18.9 Å². The number of piperidine rings is 1. The third-order valence-electron chi connectivity index (χ3n) is 4.87. The fraction of sp³-hybridized carbons (Fsp3) is 0.333. The molecule has 4 nitrogen and oxygen atoms in total. The van der Waals surface area contributed by atoms with Crippen LogP contribution in [0.2, 0.25) is 0 Å². The summed E-state index contributed by atoms with van der Waals surface area (Å²) >= 11 is 0. The summed E-state index contributed by atoms with van der Waals surface area (Å²) in [6.45, 7) is 2.71. The molecule has 0 radical (unpaired) electrons. The first kappa shape index (κ1) is 13.3. The molecule has 0 amide bonds. The molecule has 1 aromatic carbocycles. The zero-order valence-corrected chi connectivity index (χ0v) is 12.3. The number of pyridine rings is 1. The summed E-state index contributed by atoms with van der Waals surface area (Å²) in [7, 11) is 0. The quantitative estimate of drug-likeness (QED) is 0.798. The molecule has 3 heterocycles. The van der Waals surface area contributed by atoms with Gasteiger partial charge >= 0.3 is 0 Å². The molecular weight excluding hydrogens is 276 g/mol. The van der Waals surface area contributed by atoms with Crippen molar-refractivity contribution in [2.24, 2.45) is 5.92 Å². The van der Waals surface area contributed by atoms with Gasteiger partial charge in [-0.1, -0.05) is 6.07 Å². The van der Waals surface area contributed by atoms with Crippen LogP contribution in [0.15, 0.2) is 47.3 Å². The minimum absolute atomic E-state index is 0.121. The van der Waals surface area contributed by atoms with Gasteiger partial charge < -0.3 is 9.47 Å². The average molecular weight is 294 g/mol. The highest BCUT2D eigenvalue weighted by Gasteiger charge is 2.34.